The molecule has 31 heavy (non-hydrogen) atoms. The number of hydrogen-bond acceptors (Lipinski definition) is 4. The van der Waals surface area contributed by atoms with Crippen molar-refractivity contribution in [1.82, 2.24) is 15.5 Å². The number of nitrogens with one attached hydrogen (secondary N) is 2. The van der Waals surface area contributed by atoms with E-state index in [4.69, 9.17) is 0 Å². The van der Waals surface area contributed by atoms with Crippen LogP contribution in [0.15, 0.2) is 54.6 Å². The number of carbonyl (C=O) groups excluding carboxylic acids is 3. The van der Waals surface area contributed by atoms with Gasteiger partial charge in [-0.15, -0.1) is 11.8 Å². The van der Waals surface area contributed by atoms with E-state index in [2.05, 4.69) is 10.6 Å². The summed E-state index contributed by atoms with van der Waals surface area (Å²) in [6.45, 7) is 7.51. The van der Waals surface area contributed by atoms with Crippen LogP contribution in [0.2, 0.25) is 0 Å². The highest BCUT2D eigenvalue weighted by Gasteiger charge is 2.57. The van der Waals surface area contributed by atoms with Gasteiger partial charge in [-0.05, 0) is 44.9 Å². The van der Waals surface area contributed by atoms with Gasteiger partial charge in [0.2, 0.25) is 11.8 Å². The molecule has 7 heteroatoms. The molecule has 2 N–H and O–H groups in total. The van der Waals surface area contributed by atoms with Crippen LogP contribution < -0.4 is 10.6 Å². The predicted molar refractivity (Wildman–Crippen MR) is 121 cm³/mol. The fourth-order valence-electron chi connectivity index (χ4n) is 4.33. The summed E-state index contributed by atoms with van der Waals surface area (Å²) >= 11 is 1.61. The van der Waals surface area contributed by atoms with Gasteiger partial charge >= 0.3 is 0 Å². The summed E-state index contributed by atoms with van der Waals surface area (Å²) in [5.41, 5.74) is 2.59. The van der Waals surface area contributed by atoms with E-state index in [1.807, 2.05) is 69.3 Å². The zero-order valence-electron chi connectivity index (χ0n) is 18.1. The highest BCUT2D eigenvalue weighted by molar-refractivity contribution is 8.01. The lowest BCUT2D eigenvalue weighted by Crippen LogP contribution is -2.56. The van der Waals surface area contributed by atoms with Crippen LogP contribution in [0, 0.1) is 0 Å². The van der Waals surface area contributed by atoms with Crippen LogP contribution in [-0.4, -0.2) is 39.5 Å². The maximum absolute atomic E-state index is 13.3. The van der Waals surface area contributed by atoms with E-state index in [1.54, 1.807) is 29.7 Å². The van der Waals surface area contributed by atoms with Gasteiger partial charge in [-0.25, -0.2) is 0 Å². The Morgan fingerprint density at radius 1 is 1.00 bits per heavy atom. The maximum atomic E-state index is 13.3. The van der Waals surface area contributed by atoms with E-state index in [0.717, 1.165) is 11.1 Å². The standard InChI is InChI=1S/C24H27N3O3S/c1-14(16-10-6-5-7-11-16)25-20(28)15(2)26-21(29)19-24(3,4)31-23-18-13-9-8-12-17(18)22(30)27(19)23/h5-15,19,23H,1-4H3,(H,25,28)(H,26,29)/t14-,15+,19-,23-/m1/s1. The Bertz CT molecular complexity index is 1020. The molecule has 0 aliphatic carbocycles. The number of rotatable bonds is 5. The van der Waals surface area contributed by atoms with Crippen molar-refractivity contribution in [2.45, 2.75) is 55.9 Å². The molecule has 6 nitrogen and oxygen atoms in total. The van der Waals surface area contributed by atoms with E-state index in [0.29, 0.717) is 5.56 Å². The van der Waals surface area contributed by atoms with Crippen molar-refractivity contribution in [1.29, 1.82) is 0 Å². The second kappa shape index (κ2) is 8.04. The number of amides is 3. The lowest BCUT2D eigenvalue weighted by molar-refractivity contribution is -0.131. The smallest absolute Gasteiger partial charge is 0.256 e. The van der Waals surface area contributed by atoms with Gasteiger partial charge in [-0.2, -0.15) is 0 Å². The van der Waals surface area contributed by atoms with Gasteiger partial charge in [-0.1, -0.05) is 48.5 Å². The molecule has 0 aromatic heterocycles. The van der Waals surface area contributed by atoms with Gasteiger partial charge in [0.25, 0.3) is 5.91 Å². The molecule has 0 spiro atoms. The molecule has 0 radical (unpaired) electrons. The molecule has 1 saturated heterocycles. The Morgan fingerprint density at radius 3 is 2.35 bits per heavy atom. The van der Waals surface area contributed by atoms with Crippen molar-refractivity contribution < 1.29 is 14.4 Å². The predicted octanol–water partition coefficient (Wildman–Crippen LogP) is 3.42. The van der Waals surface area contributed by atoms with E-state index < -0.39 is 16.8 Å². The number of nitrogens with zero attached hydrogens (tertiary/aromatic N) is 1. The molecule has 1 fully saturated rings. The normalized spacial score (nSPS) is 23.0. The first-order valence-electron chi connectivity index (χ1n) is 10.5. The molecule has 0 bridgehead atoms. The molecule has 0 unspecified atom stereocenters. The van der Waals surface area contributed by atoms with Crippen molar-refractivity contribution in [3.05, 3.63) is 71.3 Å². The minimum atomic E-state index is -0.724. The van der Waals surface area contributed by atoms with Crippen LogP contribution in [0.25, 0.3) is 0 Å². The molecule has 2 aliphatic rings. The highest BCUT2D eigenvalue weighted by atomic mass is 32.2. The molecule has 2 aromatic rings. The average Bonchev–Trinajstić information content (AvgIpc) is 3.17. The number of fused-ring (bicyclic) bond motifs is 3. The average molecular weight is 438 g/mol. The molecule has 3 amide bonds. The van der Waals surface area contributed by atoms with Crippen molar-refractivity contribution in [2.24, 2.45) is 0 Å². The Balaban J connectivity index is 1.46. The Labute approximate surface area is 186 Å². The van der Waals surface area contributed by atoms with E-state index >= 15 is 0 Å². The molecule has 4 rings (SSSR count). The van der Waals surface area contributed by atoms with Crippen LogP contribution in [0.4, 0.5) is 0 Å². The van der Waals surface area contributed by atoms with Crippen molar-refractivity contribution in [3.63, 3.8) is 0 Å². The Morgan fingerprint density at radius 2 is 1.65 bits per heavy atom. The Hall–Kier alpha value is -2.80. The van der Waals surface area contributed by atoms with Gasteiger partial charge in [-0.3, -0.25) is 14.4 Å². The SMILES string of the molecule is C[C@H](NC(=O)[C@H]1N2C(=O)c3ccccc3[C@H]2SC1(C)C)C(=O)N[C@H](C)c1ccccc1. The first-order chi connectivity index (χ1) is 14.7. The van der Waals surface area contributed by atoms with Gasteiger partial charge in [0.15, 0.2) is 0 Å². The second-order valence-electron chi connectivity index (χ2n) is 8.65. The molecule has 2 aromatic carbocycles. The summed E-state index contributed by atoms with van der Waals surface area (Å²) in [4.78, 5) is 40.7. The van der Waals surface area contributed by atoms with Gasteiger partial charge in [0, 0.05) is 10.3 Å². The van der Waals surface area contributed by atoms with Crippen molar-refractivity contribution in [3.8, 4) is 0 Å². The topological polar surface area (TPSA) is 78.5 Å². The lowest BCUT2D eigenvalue weighted by Gasteiger charge is -2.30. The molecule has 162 valence electrons. The summed E-state index contributed by atoms with van der Waals surface area (Å²) in [6.07, 6.45) is 0. The molecular weight excluding hydrogens is 410 g/mol. The summed E-state index contributed by atoms with van der Waals surface area (Å²) < 4.78 is -0.481. The zero-order chi connectivity index (χ0) is 22.3. The number of benzene rings is 2. The van der Waals surface area contributed by atoms with Crippen LogP contribution in [0.1, 0.15) is 60.6 Å². The number of hydrogen-bond donors (Lipinski definition) is 2. The first-order valence-corrected chi connectivity index (χ1v) is 11.3. The van der Waals surface area contributed by atoms with Crippen LogP contribution in [0.3, 0.4) is 0 Å². The monoisotopic (exact) mass is 437 g/mol. The zero-order valence-corrected chi connectivity index (χ0v) is 18.9. The molecule has 2 aliphatic heterocycles. The third kappa shape index (κ3) is 3.83. The molecular formula is C24H27N3O3S. The second-order valence-corrected chi connectivity index (χ2v) is 10.4. The summed E-state index contributed by atoms with van der Waals surface area (Å²) in [7, 11) is 0. The van der Waals surface area contributed by atoms with Crippen LogP contribution in [0.5, 0.6) is 0 Å². The van der Waals surface area contributed by atoms with Crippen molar-refractivity contribution >= 4 is 29.5 Å². The molecule has 4 atom stereocenters. The third-order valence-corrected chi connectivity index (χ3v) is 7.49. The van der Waals surface area contributed by atoms with Gasteiger partial charge < -0.3 is 15.5 Å². The first kappa shape index (κ1) is 21.4. The fourth-order valence-corrected chi connectivity index (χ4v) is 5.91. The fraction of sp³-hybridized carbons (Fsp3) is 0.375. The summed E-state index contributed by atoms with van der Waals surface area (Å²) in [5.74, 6) is -0.703. The number of thioether (sulfide) groups is 1. The van der Waals surface area contributed by atoms with E-state index in [1.165, 1.54) is 0 Å². The van der Waals surface area contributed by atoms with Gasteiger partial charge in [0.05, 0.1) is 6.04 Å². The molecule has 0 saturated carbocycles. The van der Waals surface area contributed by atoms with E-state index in [-0.39, 0.29) is 29.1 Å². The minimum absolute atomic E-state index is 0.131. The maximum Gasteiger partial charge on any atom is 0.256 e. The minimum Gasteiger partial charge on any atom is -0.348 e. The van der Waals surface area contributed by atoms with Crippen molar-refractivity contribution in [2.75, 3.05) is 0 Å². The highest BCUT2D eigenvalue weighted by Crippen LogP contribution is 2.56. The van der Waals surface area contributed by atoms with Crippen LogP contribution >= 0.6 is 11.8 Å². The lowest BCUT2D eigenvalue weighted by atomic mass is 10.0. The third-order valence-electron chi connectivity index (χ3n) is 5.96. The van der Waals surface area contributed by atoms with E-state index in [9.17, 15) is 14.4 Å². The van der Waals surface area contributed by atoms with Crippen LogP contribution in [-0.2, 0) is 9.59 Å². The summed E-state index contributed by atoms with van der Waals surface area (Å²) in [5, 5.41) is 5.59. The quantitative estimate of drug-likeness (QED) is 0.751. The molecule has 2 heterocycles. The largest absolute Gasteiger partial charge is 0.348 e. The van der Waals surface area contributed by atoms with Gasteiger partial charge in [0.1, 0.15) is 17.5 Å². The number of carbonyl (C=O) groups is 3. The Kier molecular flexibility index (Phi) is 5.56. The summed E-state index contributed by atoms with van der Waals surface area (Å²) in [6, 6.07) is 15.6.